The van der Waals surface area contributed by atoms with Crippen molar-refractivity contribution in [3.05, 3.63) is 0 Å². The van der Waals surface area contributed by atoms with Gasteiger partial charge in [-0.05, 0) is 14.0 Å². The highest BCUT2D eigenvalue weighted by molar-refractivity contribution is 5.83. The third-order valence-electron chi connectivity index (χ3n) is 1.17. The number of nitrogens with one attached hydrogen (secondary N) is 1. The number of Topliss-reactive ketones (excluding diaryl/α,β-unsaturated/α-hetero) is 1. The minimum atomic E-state index is -0.289. The van der Waals surface area contributed by atoms with Gasteiger partial charge in [0.2, 0.25) is 0 Å². The van der Waals surface area contributed by atoms with E-state index in [0.717, 1.165) is 6.29 Å². The minimum Gasteiger partial charge on any atom is -0.310 e. The molecule has 1 atom stereocenters. The fraction of sp³-hybridized carbons (Fsp3) is 0.667. The number of hydrogen-bond acceptors (Lipinski definition) is 3. The summed E-state index contributed by atoms with van der Waals surface area (Å²) >= 11 is 0. The molecule has 0 bridgehead atoms. The maximum atomic E-state index is 10.5. The molecule has 0 aromatic rings. The van der Waals surface area contributed by atoms with Crippen molar-refractivity contribution >= 4 is 12.1 Å². The van der Waals surface area contributed by atoms with Crippen molar-refractivity contribution in [1.82, 2.24) is 5.32 Å². The Bertz CT molecular complexity index is 112. The summed E-state index contributed by atoms with van der Waals surface area (Å²) in [5, 5.41) is 2.72. The van der Waals surface area contributed by atoms with Crippen molar-refractivity contribution in [1.29, 1.82) is 0 Å². The number of likely N-dealkylation sites (N-methyl/N-ethyl adjacent to an activating group) is 1. The van der Waals surface area contributed by atoms with E-state index in [1.807, 2.05) is 0 Å². The Morgan fingerprint density at radius 3 is 2.44 bits per heavy atom. The molecule has 0 saturated carbocycles. The summed E-state index contributed by atoms with van der Waals surface area (Å²) in [6, 6.07) is -0.289. The molecule has 3 nitrogen and oxygen atoms in total. The van der Waals surface area contributed by atoms with Crippen LogP contribution in [0, 0.1) is 0 Å². The summed E-state index contributed by atoms with van der Waals surface area (Å²) in [6.45, 7) is 1.46. The lowest BCUT2D eigenvalue weighted by atomic mass is 10.1. The van der Waals surface area contributed by atoms with Crippen LogP contribution in [0.4, 0.5) is 0 Å². The van der Waals surface area contributed by atoms with Crippen LogP contribution in [-0.2, 0) is 9.59 Å². The van der Waals surface area contributed by atoms with Gasteiger partial charge >= 0.3 is 0 Å². The average molecular weight is 129 g/mol. The van der Waals surface area contributed by atoms with Gasteiger partial charge in [0.1, 0.15) is 12.1 Å². The quantitative estimate of drug-likeness (QED) is 0.532. The third kappa shape index (κ3) is 2.98. The lowest BCUT2D eigenvalue weighted by Gasteiger charge is -2.06. The third-order valence-corrected chi connectivity index (χ3v) is 1.17. The van der Waals surface area contributed by atoms with Gasteiger partial charge in [-0.15, -0.1) is 0 Å². The van der Waals surface area contributed by atoms with E-state index in [1.54, 1.807) is 7.05 Å². The van der Waals surface area contributed by atoms with Crippen LogP contribution in [0.15, 0.2) is 0 Å². The molecule has 0 aromatic carbocycles. The second-order valence-corrected chi connectivity index (χ2v) is 1.85. The number of aldehydes is 1. The number of ketones is 1. The van der Waals surface area contributed by atoms with E-state index in [9.17, 15) is 9.59 Å². The molecular formula is C6H11NO2. The number of rotatable bonds is 4. The van der Waals surface area contributed by atoms with Crippen LogP contribution >= 0.6 is 0 Å². The molecular weight excluding hydrogens is 118 g/mol. The van der Waals surface area contributed by atoms with Crippen LogP contribution in [0.1, 0.15) is 13.3 Å². The second kappa shape index (κ2) is 4.21. The van der Waals surface area contributed by atoms with Gasteiger partial charge in [-0.2, -0.15) is 0 Å². The molecule has 0 heterocycles. The zero-order chi connectivity index (χ0) is 7.28. The predicted molar refractivity (Wildman–Crippen MR) is 34.2 cm³/mol. The van der Waals surface area contributed by atoms with Crippen LogP contribution in [-0.4, -0.2) is 25.2 Å². The Hall–Kier alpha value is -0.700. The molecule has 0 aliphatic heterocycles. The molecule has 3 heteroatoms. The van der Waals surface area contributed by atoms with Gasteiger partial charge < -0.3 is 10.1 Å². The second-order valence-electron chi connectivity index (χ2n) is 1.85. The highest BCUT2D eigenvalue weighted by Gasteiger charge is 2.08. The summed E-state index contributed by atoms with van der Waals surface area (Å²) < 4.78 is 0. The van der Waals surface area contributed by atoms with Crippen molar-refractivity contribution in [2.75, 3.05) is 7.05 Å². The van der Waals surface area contributed by atoms with Gasteiger partial charge in [-0.25, -0.2) is 0 Å². The molecule has 0 saturated heterocycles. The first kappa shape index (κ1) is 8.30. The highest BCUT2D eigenvalue weighted by atomic mass is 16.1. The molecule has 0 spiro atoms. The summed E-state index contributed by atoms with van der Waals surface area (Å²) in [5.74, 6) is 0.00426. The molecule has 0 aliphatic carbocycles. The van der Waals surface area contributed by atoms with E-state index >= 15 is 0 Å². The van der Waals surface area contributed by atoms with Crippen molar-refractivity contribution in [3.8, 4) is 0 Å². The van der Waals surface area contributed by atoms with Crippen molar-refractivity contribution in [2.45, 2.75) is 19.4 Å². The topological polar surface area (TPSA) is 46.2 Å². The van der Waals surface area contributed by atoms with Gasteiger partial charge in [0.15, 0.2) is 0 Å². The fourth-order valence-electron chi connectivity index (χ4n) is 0.583. The van der Waals surface area contributed by atoms with Crippen molar-refractivity contribution in [3.63, 3.8) is 0 Å². The predicted octanol–water partition coefficient (Wildman–Crippen LogP) is -0.248. The average Bonchev–Trinajstić information content (AvgIpc) is 1.82. The summed E-state index contributed by atoms with van der Waals surface area (Å²) in [5.41, 5.74) is 0. The van der Waals surface area contributed by atoms with Gasteiger partial charge in [-0.1, -0.05) is 0 Å². The van der Waals surface area contributed by atoms with E-state index in [0.29, 0.717) is 0 Å². The molecule has 0 fully saturated rings. The van der Waals surface area contributed by atoms with E-state index in [-0.39, 0.29) is 18.2 Å². The fourth-order valence-corrected chi connectivity index (χ4v) is 0.583. The van der Waals surface area contributed by atoms with Crippen LogP contribution in [0.25, 0.3) is 0 Å². The molecule has 9 heavy (non-hydrogen) atoms. The van der Waals surface area contributed by atoms with E-state index in [4.69, 9.17) is 0 Å². The Morgan fingerprint density at radius 1 is 1.78 bits per heavy atom. The Kier molecular flexibility index (Phi) is 3.88. The maximum absolute atomic E-state index is 10.5. The zero-order valence-corrected chi connectivity index (χ0v) is 5.68. The van der Waals surface area contributed by atoms with Gasteiger partial charge in [-0.3, -0.25) is 4.79 Å². The molecule has 0 aromatic heterocycles. The smallest absolute Gasteiger partial charge is 0.147 e. The standard InChI is InChI=1S/C6H11NO2/c1-5(9)6(7-2)3-4-8/h4,6-7H,3H2,1-2H3. The van der Waals surface area contributed by atoms with Gasteiger partial charge in [0, 0.05) is 6.42 Å². The van der Waals surface area contributed by atoms with Crippen LogP contribution in [0.2, 0.25) is 0 Å². The van der Waals surface area contributed by atoms with Crippen LogP contribution < -0.4 is 5.32 Å². The van der Waals surface area contributed by atoms with Gasteiger partial charge in [0.05, 0.1) is 6.04 Å². The van der Waals surface area contributed by atoms with E-state index in [1.165, 1.54) is 6.92 Å². The first-order valence-corrected chi connectivity index (χ1v) is 2.83. The molecule has 1 N–H and O–H groups in total. The Labute approximate surface area is 54.4 Å². The molecule has 1 unspecified atom stereocenters. The summed E-state index contributed by atoms with van der Waals surface area (Å²) in [6.07, 6.45) is 1.01. The first-order chi connectivity index (χ1) is 4.22. The lowest BCUT2D eigenvalue weighted by molar-refractivity contribution is -0.121. The SMILES string of the molecule is CNC(CC=O)C(C)=O. The molecule has 52 valence electrons. The zero-order valence-electron chi connectivity index (χ0n) is 5.68. The lowest BCUT2D eigenvalue weighted by Crippen LogP contribution is -2.32. The van der Waals surface area contributed by atoms with Crippen molar-refractivity contribution < 1.29 is 9.59 Å². The molecule has 0 rings (SSSR count). The normalized spacial score (nSPS) is 12.7. The summed E-state index contributed by atoms with van der Waals surface area (Å²) in [4.78, 5) is 20.4. The Morgan fingerprint density at radius 2 is 2.33 bits per heavy atom. The van der Waals surface area contributed by atoms with E-state index in [2.05, 4.69) is 5.32 Å². The maximum Gasteiger partial charge on any atom is 0.147 e. The van der Waals surface area contributed by atoms with E-state index < -0.39 is 0 Å². The monoisotopic (exact) mass is 129 g/mol. The first-order valence-electron chi connectivity index (χ1n) is 2.83. The number of carbonyl (C=O) groups is 2. The number of carbonyl (C=O) groups excluding carboxylic acids is 2. The largest absolute Gasteiger partial charge is 0.310 e. The summed E-state index contributed by atoms with van der Waals surface area (Å²) in [7, 11) is 1.66. The Balaban J connectivity index is 3.67. The minimum absolute atomic E-state index is 0.00426. The highest BCUT2D eigenvalue weighted by Crippen LogP contribution is 1.87. The van der Waals surface area contributed by atoms with Crippen molar-refractivity contribution in [2.24, 2.45) is 0 Å². The molecule has 0 amide bonds. The van der Waals surface area contributed by atoms with Crippen LogP contribution in [0.5, 0.6) is 0 Å². The number of hydrogen-bond donors (Lipinski definition) is 1. The molecule has 0 radical (unpaired) electrons. The van der Waals surface area contributed by atoms with Gasteiger partial charge in [0.25, 0.3) is 0 Å². The molecule has 0 aliphatic rings. The van der Waals surface area contributed by atoms with Crippen LogP contribution in [0.3, 0.4) is 0 Å².